The second kappa shape index (κ2) is 6.24. The topological polar surface area (TPSA) is 17.1 Å². The molecule has 0 amide bonds. The summed E-state index contributed by atoms with van der Waals surface area (Å²) in [7, 11) is 0. The molecule has 0 saturated carbocycles. The van der Waals surface area contributed by atoms with Crippen molar-refractivity contribution in [1.29, 1.82) is 0 Å². The van der Waals surface area contributed by atoms with Crippen molar-refractivity contribution in [3.05, 3.63) is 28.2 Å². The Bertz CT molecular complexity index is 421. The number of thioether (sulfide) groups is 1. The Labute approximate surface area is 117 Å². The van der Waals surface area contributed by atoms with Gasteiger partial charge in [-0.2, -0.15) is 13.2 Å². The number of alkyl halides is 4. The Hall–Kier alpha value is -0.0100. The molecule has 0 spiro atoms. The largest absolute Gasteiger partial charge is 0.446 e. The lowest BCUT2D eigenvalue weighted by Gasteiger charge is -2.08. The molecule has 0 saturated heterocycles. The molecule has 0 N–H and O–H groups in total. The van der Waals surface area contributed by atoms with Gasteiger partial charge in [0.05, 0.1) is 0 Å². The van der Waals surface area contributed by atoms with Gasteiger partial charge >= 0.3 is 5.51 Å². The van der Waals surface area contributed by atoms with E-state index < -0.39 is 5.51 Å². The summed E-state index contributed by atoms with van der Waals surface area (Å²) in [6, 6.07) is 4.01. The van der Waals surface area contributed by atoms with Gasteiger partial charge < -0.3 is 0 Å². The first-order valence-corrected chi connectivity index (χ1v) is 7.21. The molecule has 0 aliphatic heterocycles. The summed E-state index contributed by atoms with van der Waals surface area (Å²) in [5, 5.41) is 0.525. The fraction of sp³-hybridized carbons (Fsp3) is 0.300. The third-order valence-corrected chi connectivity index (χ3v) is 3.57. The molecule has 94 valence electrons. The maximum Gasteiger partial charge on any atom is 0.446 e. The van der Waals surface area contributed by atoms with E-state index in [9.17, 15) is 18.0 Å². The molecule has 1 aromatic rings. The van der Waals surface area contributed by atoms with Crippen molar-refractivity contribution in [2.45, 2.75) is 16.8 Å². The summed E-state index contributed by atoms with van der Waals surface area (Å²) < 4.78 is 36.8. The zero-order valence-corrected chi connectivity index (χ0v) is 12.3. The van der Waals surface area contributed by atoms with Crippen molar-refractivity contribution in [3.8, 4) is 0 Å². The molecule has 0 fully saturated rings. The summed E-state index contributed by atoms with van der Waals surface area (Å²) in [4.78, 5) is 11.6. The highest BCUT2D eigenvalue weighted by atomic mass is 79.9. The molecule has 0 unspecified atom stereocenters. The molecular formula is C10H7Br2F3OS. The Morgan fingerprint density at radius 3 is 2.47 bits per heavy atom. The van der Waals surface area contributed by atoms with Crippen molar-refractivity contribution in [1.82, 2.24) is 0 Å². The van der Waals surface area contributed by atoms with E-state index in [4.69, 9.17) is 0 Å². The number of carbonyl (C=O) groups excluding carboxylic acids is 1. The molecule has 0 heterocycles. The number of carbonyl (C=O) groups is 1. The van der Waals surface area contributed by atoms with Gasteiger partial charge in [0.15, 0.2) is 5.78 Å². The zero-order valence-electron chi connectivity index (χ0n) is 8.35. The Morgan fingerprint density at radius 1 is 1.35 bits per heavy atom. The number of rotatable bonds is 4. The third kappa shape index (κ3) is 5.01. The van der Waals surface area contributed by atoms with E-state index in [0.717, 1.165) is 0 Å². The fourth-order valence-electron chi connectivity index (χ4n) is 1.14. The second-order valence-electron chi connectivity index (χ2n) is 3.05. The van der Waals surface area contributed by atoms with Gasteiger partial charge in [-0.15, -0.1) is 0 Å². The van der Waals surface area contributed by atoms with E-state index in [2.05, 4.69) is 31.9 Å². The SMILES string of the molecule is O=C(CCBr)c1ccc(SC(F)(F)F)cc1Br. The van der Waals surface area contributed by atoms with E-state index in [0.29, 0.717) is 21.8 Å². The number of ketones is 1. The number of hydrogen-bond donors (Lipinski definition) is 0. The Kier molecular flexibility index (Phi) is 5.53. The predicted octanol–water partition coefficient (Wildman–Crippen LogP) is 5.03. The van der Waals surface area contributed by atoms with Crippen LogP contribution >= 0.6 is 43.6 Å². The average molecular weight is 392 g/mol. The fourth-order valence-corrected chi connectivity index (χ4v) is 2.83. The molecule has 0 radical (unpaired) electrons. The highest BCUT2D eigenvalue weighted by molar-refractivity contribution is 9.10. The van der Waals surface area contributed by atoms with Crippen LogP contribution in [0.2, 0.25) is 0 Å². The van der Waals surface area contributed by atoms with E-state index in [1.54, 1.807) is 0 Å². The van der Waals surface area contributed by atoms with Gasteiger partial charge in [0.25, 0.3) is 0 Å². The van der Waals surface area contributed by atoms with E-state index >= 15 is 0 Å². The first-order chi connectivity index (χ1) is 7.83. The van der Waals surface area contributed by atoms with Crippen LogP contribution in [0.3, 0.4) is 0 Å². The van der Waals surface area contributed by atoms with E-state index in [-0.39, 0.29) is 22.4 Å². The highest BCUT2D eigenvalue weighted by Crippen LogP contribution is 2.38. The molecule has 1 nitrogen and oxygen atoms in total. The van der Waals surface area contributed by atoms with Crippen LogP contribution < -0.4 is 0 Å². The summed E-state index contributed by atoms with van der Waals surface area (Å²) in [6.07, 6.45) is 0.310. The number of hydrogen-bond acceptors (Lipinski definition) is 2. The number of benzene rings is 1. The minimum Gasteiger partial charge on any atom is -0.294 e. The molecule has 0 aliphatic carbocycles. The first kappa shape index (κ1) is 15.0. The van der Waals surface area contributed by atoms with Crippen LogP contribution in [0.4, 0.5) is 13.2 Å². The van der Waals surface area contributed by atoms with Crippen LogP contribution in [0.5, 0.6) is 0 Å². The minimum absolute atomic E-state index is 0.0553. The first-order valence-electron chi connectivity index (χ1n) is 4.48. The molecule has 1 rings (SSSR count). The monoisotopic (exact) mass is 390 g/mol. The van der Waals surface area contributed by atoms with Gasteiger partial charge in [-0.25, -0.2) is 0 Å². The van der Waals surface area contributed by atoms with Crippen LogP contribution in [0, 0.1) is 0 Å². The lowest BCUT2D eigenvalue weighted by Crippen LogP contribution is -2.02. The normalized spacial score (nSPS) is 11.6. The van der Waals surface area contributed by atoms with Crippen molar-refractivity contribution in [2.24, 2.45) is 0 Å². The van der Waals surface area contributed by atoms with Gasteiger partial charge in [-0.05, 0) is 30.0 Å². The van der Waals surface area contributed by atoms with Gasteiger partial charge in [0, 0.05) is 26.7 Å². The molecule has 0 aromatic heterocycles. The second-order valence-corrected chi connectivity index (χ2v) is 5.84. The minimum atomic E-state index is -4.32. The molecular weight excluding hydrogens is 385 g/mol. The van der Waals surface area contributed by atoms with Crippen molar-refractivity contribution >= 4 is 49.4 Å². The smallest absolute Gasteiger partial charge is 0.294 e. The summed E-state index contributed by atoms with van der Waals surface area (Å²) in [5.41, 5.74) is -3.92. The zero-order chi connectivity index (χ0) is 13.1. The van der Waals surface area contributed by atoms with Gasteiger partial charge in [-0.1, -0.05) is 31.9 Å². The maximum atomic E-state index is 12.1. The summed E-state index contributed by atoms with van der Waals surface area (Å²) in [6.45, 7) is 0. The highest BCUT2D eigenvalue weighted by Gasteiger charge is 2.29. The van der Waals surface area contributed by atoms with Crippen LogP contribution in [-0.2, 0) is 0 Å². The van der Waals surface area contributed by atoms with Crippen LogP contribution in [0.1, 0.15) is 16.8 Å². The van der Waals surface area contributed by atoms with Crippen molar-refractivity contribution in [2.75, 3.05) is 5.33 Å². The summed E-state index contributed by atoms with van der Waals surface area (Å²) >= 11 is 6.04. The van der Waals surface area contributed by atoms with Crippen LogP contribution in [-0.4, -0.2) is 16.6 Å². The summed E-state index contributed by atoms with van der Waals surface area (Å²) in [5.74, 6) is -0.114. The van der Waals surface area contributed by atoms with Crippen LogP contribution in [0.25, 0.3) is 0 Å². The maximum absolute atomic E-state index is 12.1. The molecule has 0 bridgehead atoms. The van der Waals surface area contributed by atoms with E-state index in [1.807, 2.05) is 0 Å². The quantitative estimate of drug-likeness (QED) is 0.406. The molecule has 17 heavy (non-hydrogen) atoms. The lowest BCUT2D eigenvalue weighted by molar-refractivity contribution is -0.0328. The Morgan fingerprint density at radius 2 is 2.00 bits per heavy atom. The van der Waals surface area contributed by atoms with Crippen molar-refractivity contribution < 1.29 is 18.0 Å². The predicted molar refractivity (Wildman–Crippen MR) is 68.8 cm³/mol. The Balaban J connectivity index is 2.90. The average Bonchev–Trinajstić information content (AvgIpc) is 2.15. The lowest BCUT2D eigenvalue weighted by atomic mass is 10.1. The van der Waals surface area contributed by atoms with Gasteiger partial charge in [0.1, 0.15) is 0 Å². The van der Waals surface area contributed by atoms with Gasteiger partial charge in [-0.3, -0.25) is 4.79 Å². The number of Topliss-reactive ketones (excluding diaryl/α,β-unsaturated/α-hetero) is 1. The van der Waals surface area contributed by atoms with Crippen molar-refractivity contribution in [3.63, 3.8) is 0 Å². The van der Waals surface area contributed by atoms with E-state index in [1.165, 1.54) is 18.2 Å². The molecule has 0 atom stereocenters. The third-order valence-electron chi connectivity index (χ3n) is 1.80. The molecule has 1 aromatic carbocycles. The van der Waals surface area contributed by atoms with Crippen LogP contribution in [0.15, 0.2) is 27.6 Å². The number of halogens is 5. The standard InChI is InChI=1S/C10H7Br2F3OS/c11-4-3-9(16)7-2-1-6(5-8(7)12)17-10(13,14)15/h1-2,5H,3-4H2. The molecule has 0 aliphatic rings. The molecule has 7 heteroatoms. The van der Waals surface area contributed by atoms with Gasteiger partial charge in [0.2, 0.25) is 0 Å².